The molecule has 170 valence electrons. The van der Waals surface area contributed by atoms with Crippen molar-refractivity contribution in [2.75, 3.05) is 7.05 Å². The molecule has 0 aromatic heterocycles. The summed E-state index contributed by atoms with van der Waals surface area (Å²) in [6, 6.07) is 13.6. The average molecular weight is 456 g/mol. The summed E-state index contributed by atoms with van der Waals surface area (Å²) in [4.78, 5) is 26.7. The van der Waals surface area contributed by atoms with E-state index in [0.29, 0.717) is 23.7 Å². The lowest BCUT2D eigenvalue weighted by molar-refractivity contribution is 0.0784. The molecule has 2 saturated carbocycles. The summed E-state index contributed by atoms with van der Waals surface area (Å²) in [7, 11) is -1.99. The molecule has 2 aliphatic rings. The molecule has 0 bridgehead atoms. The van der Waals surface area contributed by atoms with Gasteiger partial charge in [0.25, 0.3) is 11.8 Å². The molecule has 7 nitrogen and oxygen atoms in total. The Balaban J connectivity index is 1.40. The summed E-state index contributed by atoms with van der Waals surface area (Å²) in [5.41, 5.74) is 1.81. The zero-order valence-corrected chi connectivity index (χ0v) is 19.0. The molecule has 2 N–H and O–H groups in total. The van der Waals surface area contributed by atoms with Crippen molar-refractivity contribution >= 4 is 21.8 Å². The molecule has 2 fully saturated rings. The molecule has 0 saturated heterocycles. The number of nitrogens with one attached hydrogen (secondary N) is 2. The second kappa shape index (κ2) is 9.42. The topological polar surface area (TPSA) is 95.6 Å². The van der Waals surface area contributed by atoms with Crippen LogP contribution in [-0.2, 0) is 16.6 Å². The third-order valence-corrected chi connectivity index (χ3v) is 7.48. The van der Waals surface area contributed by atoms with Gasteiger partial charge in [0.15, 0.2) is 0 Å². The van der Waals surface area contributed by atoms with Crippen LogP contribution in [0.25, 0.3) is 0 Å². The fourth-order valence-electron chi connectivity index (χ4n) is 3.95. The Labute approximate surface area is 189 Å². The van der Waals surface area contributed by atoms with Crippen LogP contribution in [0.1, 0.15) is 64.8 Å². The molecule has 0 atom stereocenters. The highest BCUT2D eigenvalue weighted by Gasteiger charge is 2.25. The van der Waals surface area contributed by atoms with Gasteiger partial charge in [-0.3, -0.25) is 9.59 Å². The minimum Gasteiger partial charge on any atom is -0.349 e. The van der Waals surface area contributed by atoms with E-state index in [1.807, 2.05) is 12.1 Å². The Kier molecular flexibility index (Phi) is 6.62. The van der Waals surface area contributed by atoms with Gasteiger partial charge in [-0.1, -0.05) is 31.0 Å². The molecule has 0 heterocycles. The Bertz CT molecular complexity index is 1090. The van der Waals surface area contributed by atoms with Gasteiger partial charge in [0.2, 0.25) is 10.0 Å². The van der Waals surface area contributed by atoms with E-state index < -0.39 is 10.0 Å². The van der Waals surface area contributed by atoms with Crippen molar-refractivity contribution in [2.45, 2.75) is 62.0 Å². The molecule has 0 spiro atoms. The number of carbonyl (C=O) groups is 2. The van der Waals surface area contributed by atoms with Crippen molar-refractivity contribution in [2.24, 2.45) is 0 Å². The van der Waals surface area contributed by atoms with E-state index in [9.17, 15) is 18.0 Å². The smallest absolute Gasteiger partial charge is 0.253 e. The molecular weight excluding hydrogens is 426 g/mol. The van der Waals surface area contributed by atoms with Gasteiger partial charge in [-0.2, -0.15) is 0 Å². The Morgan fingerprint density at radius 2 is 1.62 bits per heavy atom. The second-order valence-corrected chi connectivity index (χ2v) is 10.5. The summed E-state index contributed by atoms with van der Waals surface area (Å²) in [5, 5.41) is 2.95. The number of hydrogen-bond donors (Lipinski definition) is 2. The van der Waals surface area contributed by atoms with Crippen LogP contribution in [0.5, 0.6) is 0 Å². The monoisotopic (exact) mass is 455 g/mol. The van der Waals surface area contributed by atoms with Gasteiger partial charge in [-0.05, 0) is 61.6 Å². The highest BCUT2D eigenvalue weighted by molar-refractivity contribution is 7.89. The lowest BCUT2D eigenvalue weighted by atomic mass is 10.1. The average Bonchev–Trinajstić information content (AvgIpc) is 3.46. The standard InChI is InChI=1S/C24H29N3O4S/c1-27(16-17-9-11-18(12-10-17)23(28)25-20-13-14-20)24(29)19-5-4-8-22(15-19)32(30,31)26-21-6-2-3-7-21/h4-5,8-12,15,20-21,26H,2-3,6-7,13-14,16H2,1H3,(H,25,28). The van der Waals surface area contributed by atoms with Crippen molar-refractivity contribution in [3.05, 3.63) is 65.2 Å². The minimum atomic E-state index is -3.66. The molecule has 2 aliphatic carbocycles. The van der Waals surface area contributed by atoms with Crippen molar-refractivity contribution in [3.8, 4) is 0 Å². The van der Waals surface area contributed by atoms with Crippen molar-refractivity contribution in [1.82, 2.24) is 14.9 Å². The second-order valence-electron chi connectivity index (χ2n) is 8.74. The maximum absolute atomic E-state index is 12.9. The summed E-state index contributed by atoms with van der Waals surface area (Å²) >= 11 is 0. The van der Waals surface area contributed by atoms with Gasteiger partial charge in [0, 0.05) is 36.8 Å². The van der Waals surface area contributed by atoms with E-state index >= 15 is 0 Å². The fourth-order valence-corrected chi connectivity index (χ4v) is 5.30. The summed E-state index contributed by atoms with van der Waals surface area (Å²) < 4.78 is 28.2. The Morgan fingerprint density at radius 1 is 0.938 bits per heavy atom. The maximum atomic E-state index is 12.9. The van der Waals surface area contributed by atoms with Crippen molar-refractivity contribution in [1.29, 1.82) is 0 Å². The molecule has 0 aliphatic heterocycles. The first-order valence-electron chi connectivity index (χ1n) is 11.1. The van der Waals surface area contributed by atoms with Gasteiger partial charge in [0.05, 0.1) is 4.90 Å². The van der Waals surface area contributed by atoms with Crippen LogP contribution < -0.4 is 10.0 Å². The predicted molar refractivity (Wildman–Crippen MR) is 122 cm³/mol. The highest BCUT2D eigenvalue weighted by Crippen LogP contribution is 2.22. The largest absolute Gasteiger partial charge is 0.349 e. The van der Waals surface area contributed by atoms with Gasteiger partial charge in [0.1, 0.15) is 0 Å². The Morgan fingerprint density at radius 3 is 2.28 bits per heavy atom. The third kappa shape index (κ3) is 5.55. The van der Waals surface area contributed by atoms with Crippen LogP contribution in [-0.4, -0.2) is 44.3 Å². The number of benzene rings is 2. The van der Waals surface area contributed by atoms with Crippen molar-refractivity contribution in [3.63, 3.8) is 0 Å². The quantitative estimate of drug-likeness (QED) is 0.639. The van der Waals surface area contributed by atoms with Gasteiger partial charge in [-0.25, -0.2) is 13.1 Å². The molecule has 2 amide bonds. The first-order valence-corrected chi connectivity index (χ1v) is 12.6. The lowest BCUT2D eigenvalue weighted by Gasteiger charge is -2.18. The van der Waals surface area contributed by atoms with E-state index in [0.717, 1.165) is 44.1 Å². The van der Waals surface area contributed by atoms with Gasteiger partial charge < -0.3 is 10.2 Å². The van der Waals surface area contributed by atoms with E-state index in [2.05, 4.69) is 10.0 Å². The molecule has 32 heavy (non-hydrogen) atoms. The van der Waals surface area contributed by atoms with Crippen LogP contribution in [0.3, 0.4) is 0 Å². The van der Waals surface area contributed by atoms with E-state index in [1.165, 1.54) is 17.0 Å². The SMILES string of the molecule is CN(Cc1ccc(C(=O)NC2CC2)cc1)C(=O)c1cccc(S(=O)(=O)NC2CCCC2)c1. The molecule has 0 radical (unpaired) electrons. The minimum absolute atomic E-state index is 0.0311. The van der Waals surface area contributed by atoms with Crippen LogP contribution in [0.4, 0.5) is 0 Å². The Hall–Kier alpha value is -2.71. The van der Waals surface area contributed by atoms with Gasteiger partial charge >= 0.3 is 0 Å². The van der Waals surface area contributed by atoms with Gasteiger partial charge in [-0.15, -0.1) is 0 Å². The fraction of sp³-hybridized carbons (Fsp3) is 0.417. The van der Waals surface area contributed by atoms with E-state index in [-0.39, 0.29) is 22.8 Å². The van der Waals surface area contributed by atoms with Crippen LogP contribution in [0, 0.1) is 0 Å². The molecule has 2 aromatic carbocycles. The van der Waals surface area contributed by atoms with Crippen LogP contribution >= 0.6 is 0 Å². The highest BCUT2D eigenvalue weighted by atomic mass is 32.2. The lowest BCUT2D eigenvalue weighted by Crippen LogP contribution is -2.33. The first kappa shape index (κ1) is 22.5. The third-order valence-electron chi connectivity index (χ3n) is 5.96. The summed E-state index contributed by atoms with van der Waals surface area (Å²) in [6.45, 7) is 0.348. The summed E-state index contributed by atoms with van der Waals surface area (Å²) in [6.07, 6.45) is 5.83. The number of nitrogens with zero attached hydrogens (tertiary/aromatic N) is 1. The summed E-state index contributed by atoms with van der Waals surface area (Å²) in [5.74, 6) is -0.341. The first-order chi connectivity index (χ1) is 15.3. The number of amides is 2. The molecule has 8 heteroatoms. The number of sulfonamides is 1. The van der Waals surface area contributed by atoms with E-state index in [4.69, 9.17) is 0 Å². The molecule has 2 aromatic rings. The zero-order valence-electron chi connectivity index (χ0n) is 18.2. The molecule has 4 rings (SSSR count). The number of carbonyl (C=O) groups excluding carboxylic acids is 2. The molecule has 0 unspecified atom stereocenters. The number of hydrogen-bond acceptors (Lipinski definition) is 4. The zero-order chi connectivity index (χ0) is 22.7. The normalized spacial score (nSPS) is 16.7. The molecular formula is C24H29N3O4S. The maximum Gasteiger partial charge on any atom is 0.253 e. The van der Waals surface area contributed by atoms with E-state index in [1.54, 1.807) is 31.3 Å². The van der Waals surface area contributed by atoms with Crippen molar-refractivity contribution < 1.29 is 18.0 Å². The van der Waals surface area contributed by atoms with Crippen LogP contribution in [0.2, 0.25) is 0 Å². The number of rotatable bonds is 8. The predicted octanol–water partition coefficient (Wildman–Crippen LogP) is 3.07. The van der Waals surface area contributed by atoms with Crippen LogP contribution in [0.15, 0.2) is 53.4 Å².